The van der Waals surface area contributed by atoms with Gasteiger partial charge in [0.1, 0.15) is 12.4 Å². The highest BCUT2D eigenvalue weighted by Crippen LogP contribution is 2.26. The van der Waals surface area contributed by atoms with E-state index in [1.807, 2.05) is 84.2 Å². The van der Waals surface area contributed by atoms with Crippen molar-refractivity contribution in [1.29, 1.82) is 0 Å². The average molecular weight is 464 g/mol. The molecule has 1 aromatic heterocycles. The van der Waals surface area contributed by atoms with Crippen molar-refractivity contribution in [2.45, 2.75) is 6.61 Å². The van der Waals surface area contributed by atoms with Crippen LogP contribution in [-0.4, -0.2) is 11.2 Å². The number of thiazole rings is 1. The molecule has 0 spiro atoms. The lowest BCUT2D eigenvalue weighted by molar-refractivity contribution is 0.306. The van der Waals surface area contributed by atoms with Crippen LogP contribution in [0.3, 0.4) is 0 Å². The van der Waals surface area contributed by atoms with Crippen LogP contribution in [0.2, 0.25) is 0 Å². The highest BCUT2D eigenvalue weighted by Gasteiger charge is 2.03. The number of nitrogens with zero attached hydrogens (tertiary/aromatic N) is 2. The van der Waals surface area contributed by atoms with Crippen molar-refractivity contribution in [2.24, 2.45) is 5.10 Å². The number of nitrogens with one attached hydrogen (secondary N) is 1. The number of aromatic nitrogens is 1. The third-order valence-electron chi connectivity index (χ3n) is 4.15. The molecular weight excluding hydrogens is 446 g/mol. The molecule has 4 aromatic rings. The van der Waals surface area contributed by atoms with E-state index in [0.29, 0.717) is 6.61 Å². The first kappa shape index (κ1) is 19.4. The minimum absolute atomic E-state index is 0.556. The Labute approximate surface area is 182 Å². The van der Waals surface area contributed by atoms with E-state index in [9.17, 15) is 0 Å². The molecule has 1 heterocycles. The summed E-state index contributed by atoms with van der Waals surface area (Å²) in [5.74, 6) is 0.832. The SMILES string of the molecule is Brc1ccc(-c2csc(N/N=C\c3ccc(OCc4ccccc4)cc3)n2)cc1. The smallest absolute Gasteiger partial charge is 0.203 e. The zero-order valence-corrected chi connectivity index (χ0v) is 17.9. The van der Waals surface area contributed by atoms with Gasteiger partial charge in [-0.1, -0.05) is 58.4 Å². The first-order chi connectivity index (χ1) is 14.3. The second kappa shape index (κ2) is 9.49. The van der Waals surface area contributed by atoms with Gasteiger partial charge in [0.15, 0.2) is 0 Å². The van der Waals surface area contributed by atoms with Crippen molar-refractivity contribution < 1.29 is 4.74 Å². The molecule has 3 aromatic carbocycles. The summed E-state index contributed by atoms with van der Waals surface area (Å²) in [6.07, 6.45) is 1.77. The molecule has 4 rings (SSSR count). The molecule has 0 radical (unpaired) electrons. The molecule has 0 aliphatic rings. The predicted octanol–water partition coefficient (Wildman–Crippen LogP) is 6.60. The fourth-order valence-corrected chi connectivity index (χ4v) is 3.56. The van der Waals surface area contributed by atoms with E-state index in [2.05, 4.69) is 31.4 Å². The van der Waals surface area contributed by atoms with Gasteiger partial charge in [0, 0.05) is 15.4 Å². The molecule has 29 heavy (non-hydrogen) atoms. The molecule has 0 unspecified atom stereocenters. The highest BCUT2D eigenvalue weighted by molar-refractivity contribution is 9.10. The summed E-state index contributed by atoms with van der Waals surface area (Å²) in [5, 5.41) is 7.05. The Morgan fingerprint density at radius 2 is 1.72 bits per heavy atom. The molecular formula is C23H18BrN3OS. The minimum atomic E-state index is 0.556. The molecule has 4 nitrogen and oxygen atoms in total. The van der Waals surface area contributed by atoms with Gasteiger partial charge in [-0.05, 0) is 47.5 Å². The van der Waals surface area contributed by atoms with Crippen LogP contribution in [0.5, 0.6) is 5.75 Å². The van der Waals surface area contributed by atoms with Crippen LogP contribution in [0.1, 0.15) is 11.1 Å². The molecule has 0 amide bonds. The molecule has 0 bridgehead atoms. The first-order valence-corrected chi connectivity index (χ1v) is 10.7. The van der Waals surface area contributed by atoms with E-state index in [1.165, 1.54) is 11.3 Å². The van der Waals surface area contributed by atoms with E-state index in [0.717, 1.165) is 37.7 Å². The van der Waals surface area contributed by atoms with E-state index < -0.39 is 0 Å². The Morgan fingerprint density at radius 3 is 2.48 bits per heavy atom. The monoisotopic (exact) mass is 463 g/mol. The van der Waals surface area contributed by atoms with Crippen molar-refractivity contribution in [3.63, 3.8) is 0 Å². The lowest BCUT2D eigenvalue weighted by Crippen LogP contribution is -1.95. The quantitative estimate of drug-likeness (QED) is 0.248. The molecule has 0 fully saturated rings. The first-order valence-electron chi connectivity index (χ1n) is 9.03. The zero-order valence-electron chi connectivity index (χ0n) is 15.5. The maximum Gasteiger partial charge on any atom is 0.203 e. The normalized spacial score (nSPS) is 10.9. The van der Waals surface area contributed by atoms with Crippen molar-refractivity contribution >= 4 is 38.6 Å². The number of halogens is 1. The summed E-state index contributed by atoms with van der Waals surface area (Å²) in [4.78, 5) is 4.57. The Morgan fingerprint density at radius 1 is 0.966 bits per heavy atom. The van der Waals surface area contributed by atoms with Gasteiger partial charge in [-0.15, -0.1) is 11.3 Å². The van der Waals surface area contributed by atoms with Crippen LogP contribution in [0.4, 0.5) is 5.13 Å². The summed E-state index contributed by atoms with van der Waals surface area (Å²) in [5.41, 5.74) is 7.13. The molecule has 0 aliphatic carbocycles. The van der Waals surface area contributed by atoms with E-state index >= 15 is 0 Å². The standard InChI is InChI=1S/C23H18BrN3OS/c24-20-10-8-19(9-11-20)22-16-29-23(26-22)27-25-14-17-6-12-21(13-7-17)28-15-18-4-2-1-3-5-18/h1-14,16H,15H2,(H,26,27)/b25-14-. The Hall–Kier alpha value is -2.96. The van der Waals surface area contributed by atoms with Crippen molar-refractivity contribution in [3.8, 4) is 17.0 Å². The van der Waals surface area contributed by atoms with Gasteiger partial charge < -0.3 is 4.74 Å². The van der Waals surface area contributed by atoms with E-state index in [4.69, 9.17) is 4.74 Å². The van der Waals surface area contributed by atoms with Crippen molar-refractivity contribution in [1.82, 2.24) is 4.98 Å². The molecule has 0 saturated carbocycles. The molecule has 144 valence electrons. The summed E-state index contributed by atoms with van der Waals surface area (Å²) in [6.45, 7) is 0.556. The number of hydrogen-bond donors (Lipinski definition) is 1. The zero-order chi connectivity index (χ0) is 19.9. The van der Waals surface area contributed by atoms with Gasteiger partial charge in [0.05, 0.1) is 11.9 Å². The average Bonchev–Trinajstić information content (AvgIpc) is 3.23. The number of hydrogen-bond acceptors (Lipinski definition) is 5. The Kier molecular flexibility index (Phi) is 6.34. The largest absolute Gasteiger partial charge is 0.489 e. The molecule has 0 saturated heterocycles. The molecule has 6 heteroatoms. The topological polar surface area (TPSA) is 46.5 Å². The summed E-state index contributed by atoms with van der Waals surface area (Å²) in [7, 11) is 0. The number of hydrazone groups is 1. The molecule has 0 aliphatic heterocycles. The van der Waals surface area contributed by atoms with Crippen LogP contribution in [0, 0.1) is 0 Å². The van der Waals surface area contributed by atoms with E-state index in [-0.39, 0.29) is 0 Å². The second-order valence-corrected chi connectivity index (χ2v) is 8.03. The Balaban J connectivity index is 1.31. The summed E-state index contributed by atoms with van der Waals surface area (Å²) in [6, 6.07) is 26.0. The third kappa shape index (κ3) is 5.53. The number of benzene rings is 3. The van der Waals surface area contributed by atoms with Crippen LogP contribution >= 0.6 is 27.3 Å². The van der Waals surface area contributed by atoms with Crippen LogP contribution in [0.25, 0.3) is 11.3 Å². The van der Waals surface area contributed by atoms with Crippen LogP contribution < -0.4 is 10.2 Å². The van der Waals surface area contributed by atoms with Gasteiger partial charge in [0.2, 0.25) is 5.13 Å². The van der Waals surface area contributed by atoms with Gasteiger partial charge in [0.25, 0.3) is 0 Å². The fourth-order valence-electron chi connectivity index (χ4n) is 2.63. The number of anilines is 1. The molecule has 0 atom stereocenters. The maximum atomic E-state index is 5.80. The van der Waals surface area contributed by atoms with Crippen molar-refractivity contribution in [2.75, 3.05) is 5.43 Å². The molecule has 1 N–H and O–H groups in total. The lowest BCUT2D eigenvalue weighted by atomic mass is 10.2. The van der Waals surface area contributed by atoms with Gasteiger partial charge in [-0.2, -0.15) is 5.10 Å². The highest BCUT2D eigenvalue weighted by atomic mass is 79.9. The second-order valence-electron chi connectivity index (χ2n) is 6.26. The van der Waals surface area contributed by atoms with Crippen LogP contribution in [0.15, 0.2) is 93.8 Å². The van der Waals surface area contributed by atoms with E-state index in [1.54, 1.807) is 6.21 Å². The summed E-state index contributed by atoms with van der Waals surface area (Å²) < 4.78 is 6.85. The van der Waals surface area contributed by atoms with Crippen molar-refractivity contribution in [3.05, 3.63) is 99.8 Å². The summed E-state index contributed by atoms with van der Waals surface area (Å²) >= 11 is 4.97. The van der Waals surface area contributed by atoms with Crippen LogP contribution in [-0.2, 0) is 6.61 Å². The number of ether oxygens (including phenoxy) is 1. The number of rotatable bonds is 7. The minimum Gasteiger partial charge on any atom is -0.489 e. The third-order valence-corrected chi connectivity index (χ3v) is 5.42. The van der Waals surface area contributed by atoms with Gasteiger partial charge in [-0.3, -0.25) is 5.43 Å². The fraction of sp³-hybridized carbons (Fsp3) is 0.0435. The Bertz CT molecular complexity index is 1080. The van der Waals surface area contributed by atoms with Gasteiger partial charge >= 0.3 is 0 Å². The lowest BCUT2D eigenvalue weighted by Gasteiger charge is -2.06. The van der Waals surface area contributed by atoms with Gasteiger partial charge in [-0.25, -0.2) is 4.98 Å². The predicted molar refractivity (Wildman–Crippen MR) is 124 cm³/mol. The maximum absolute atomic E-state index is 5.80.